The van der Waals surface area contributed by atoms with E-state index in [1.165, 1.54) is 93.7 Å². The summed E-state index contributed by atoms with van der Waals surface area (Å²) in [5, 5.41) is 0. The Balaban J connectivity index is 0.000000591. The van der Waals surface area contributed by atoms with E-state index in [-0.39, 0.29) is 5.41 Å². The highest BCUT2D eigenvalue weighted by atomic mass is 14.9. The summed E-state index contributed by atoms with van der Waals surface area (Å²) in [6, 6.07) is 9.21. The Labute approximate surface area is 314 Å². The molecule has 284 valence electrons. The molecule has 0 bridgehead atoms. The molecule has 0 aliphatic heterocycles. The Kier molecular flexibility index (Phi) is 15.4. The smallest absolute Gasteiger partial charge is 0.00668 e. The lowest BCUT2D eigenvalue weighted by atomic mass is 9.38. The van der Waals surface area contributed by atoms with Crippen molar-refractivity contribution in [1.29, 1.82) is 0 Å². The van der Waals surface area contributed by atoms with Gasteiger partial charge in [0.05, 0.1) is 0 Å². The third-order valence-corrected chi connectivity index (χ3v) is 15.2. The normalized spacial score (nSPS) is 38.7. The van der Waals surface area contributed by atoms with Gasteiger partial charge >= 0.3 is 0 Å². The van der Waals surface area contributed by atoms with Gasteiger partial charge in [-0.25, -0.2) is 0 Å². The summed E-state index contributed by atoms with van der Waals surface area (Å²) in [6.07, 6.45) is 21.3. The summed E-state index contributed by atoms with van der Waals surface area (Å²) >= 11 is 0. The third kappa shape index (κ3) is 6.42. The van der Waals surface area contributed by atoms with Crippen LogP contribution in [-0.4, -0.2) is 0 Å². The lowest BCUT2D eigenvalue weighted by molar-refractivity contribution is -0.174. The van der Waals surface area contributed by atoms with E-state index in [0.717, 1.165) is 17.8 Å². The fourth-order valence-electron chi connectivity index (χ4n) is 13.6. The molecule has 0 radical (unpaired) electrons. The maximum absolute atomic E-state index is 4.59. The Morgan fingerprint density at radius 3 is 1.68 bits per heavy atom. The zero-order valence-corrected chi connectivity index (χ0v) is 36.1. The second-order valence-electron chi connectivity index (χ2n) is 18.0. The molecule has 6 aliphatic rings. The van der Waals surface area contributed by atoms with Gasteiger partial charge in [0.1, 0.15) is 0 Å². The van der Waals surface area contributed by atoms with Crippen LogP contribution in [0.5, 0.6) is 0 Å². The molecule has 50 heavy (non-hydrogen) atoms. The van der Waals surface area contributed by atoms with Crippen molar-refractivity contribution >= 4 is 11.6 Å². The average Bonchev–Trinajstić information content (AvgIpc) is 3.29. The molecular formula is C50H84. The monoisotopic (exact) mass is 685 g/mol. The predicted octanol–water partition coefficient (Wildman–Crippen LogP) is 16.4. The molecule has 0 aromatic heterocycles. The molecule has 1 aromatic rings. The topological polar surface area (TPSA) is 0 Å². The largest absolute Gasteiger partial charge is 0.106 e. The van der Waals surface area contributed by atoms with Crippen molar-refractivity contribution in [2.75, 3.05) is 0 Å². The number of benzene rings is 1. The molecule has 0 amide bonds. The summed E-state index contributed by atoms with van der Waals surface area (Å²) in [6.45, 7) is 47.1. The van der Waals surface area contributed by atoms with Gasteiger partial charge < -0.3 is 0 Å². The summed E-state index contributed by atoms with van der Waals surface area (Å²) in [5.74, 6) is 3.40. The van der Waals surface area contributed by atoms with Crippen LogP contribution in [-0.2, 0) is 0 Å². The van der Waals surface area contributed by atoms with Gasteiger partial charge in [0, 0.05) is 0 Å². The second kappa shape index (κ2) is 17.3. The van der Waals surface area contributed by atoms with E-state index in [0.29, 0.717) is 33.0 Å². The first-order valence-corrected chi connectivity index (χ1v) is 21.3. The molecule has 0 heteroatoms. The van der Waals surface area contributed by atoms with Gasteiger partial charge in [0.25, 0.3) is 0 Å². The van der Waals surface area contributed by atoms with E-state index >= 15 is 0 Å². The zero-order chi connectivity index (χ0) is 38.3. The Morgan fingerprint density at radius 1 is 0.700 bits per heavy atom. The van der Waals surface area contributed by atoms with Crippen LogP contribution in [0.3, 0.4) is 0 Å². The highest BCUT2D eigenvalue weighted by Crippen LogP contribution is 2.94. The van der Waals surface area contributed by atoms with E-state index in [2.05, 4.69) is 140 Å². The van der Waals surface area contributed by atoms with Gasteiger partial charge in [-0.2, -0.15) is 0 Å². The fourth-order valence-corrected chi connectivity index (χ4v) is 13.6. The quantitative estimate of drug-likeness (QED) is 0.278. The molecule has 6 aliphatic carbocycles. The number of hydrogen-bond acceptors (Lipinski definition) is 0. The van der Waals surface area contributed by atoms with Crippen molar-refractivity contribution in [2.45, 2.75) is 174 Å². The van der Waals surface area contributed by atoms with E-state index in [4.69, 9.17) is 0 Å². The van der Waals surface area contributed by atoms with Crippen LogP contribution in [0.15, 0.2) is 62.2 Å². The number of hydrogen-bond donors (Lipinski definition) is 0. The van der Waals surface area contributed by atoms with Gasteiger partial charge in [-0.1, -0.05) is 164 Å². The molecule has 9 atom stereocenters. The van der Waals surface area contributed by atoms with Gasteiger partial charge in [-0.3, -0.25) is 0 Å². The first kappa shape index (κ1) is 44.3. The maximum Gasteiger partial charge on any atom is -0.00668 e. The van der Waals surface area contributed by atoms with Gasteiger partial charge in [0.2, 0.25) is 0 Å². The van der Waals surface area contributed by atoms with Crippen LogP contribution in [0.4, 0.5) is 0 Å². The minimum Gasteiger partial charge on any atom is -0.106 e. The molecule has 0 N–H and O–H groups in total. The zero-order valence-electron chi connectivity index (χ0n) is 36.1. The molecule has 0 nitrogen and oxygen atoms in total. The summed E-state index contributed by atoms with van der Waals surface area (Å²) in [5.41, 5.74) is 8.48. The van der Waals surface area contributed by atoms with E-state index in [1.807, 2.05) is 19.9 Å². The SMILES string of the molecule is C=C.C=Cc1ccc(C2=CCC34C(CCC35C4CCC3(C)C5CCC4(C)CC[C@@H](C(=C)C)[C@@]43C)C2(C)C)cc1.CC.CCC.CCC.CCC. The van der Waals surface area contributed by atoms with Gasteiger partial charge in [-0.05, 0) is 138 Å². The average molecular weight is 685 g/mol. The molecule has 5 saturated carbocycles. The van der Waals surface area contributed by atoms with Crippen LogP contribution in [0.25, 0.3) is 11.6 Å². The van der Waals surface area contributed by atoms with Gasteiger partial charge in [0.15, 0.2) is 0 Å². The highest BCUT2D eigenvalue weighted by Gasteiger charge is 2.88. The lowest BCUT2D eigenvalue weighted by Crippen LogP contribution is -2.60. The Hall–Kier alpha value is -1.82. The summed E-state index contributed by atoms with van der Waals surface area (Å²) < 4.78 is 0. The summed E-state index contributed by atoms with van der Waals surface area (Å²) in [4.78, 5) is 0. The molecule has 5 fully saturated rings. The van der Waals surface area contributed by atoms with Crippen LogP contribution >= 0.6 is 0 Å². The molecule has 7 rings (SSSR count). The van der Waals surface area contributed by atoms with Crippen molar-refractivity contribution in [3.63, 3.8) is 0 Å². The second-order valence-corrected chi connectivity index (χ2v) is 18.0. The van der Waals surface area contributed by atoms with Crippen LogP contribution in [0.1, 0.15) is 185 Å². The minimum absolute atomic E-state index is 0.242. The van der Waals surface area contributed by atoms with E-state index in [9.17, 15) is 0 Å². The van der Waals surface area contributed by atoms with E-state index in [1.54, 1.807) is 5.57 Å². The standard InChI is InChI=1S/C37H50.3C3H8.C2H6.C2H4/c1-9-25-10-12-26(13-11-25)28-15-22-36-29(32(28,4)5)18-23-37(36)30-16-20-33(6)19-14-27(24(2)3)35(33,8)34(30,7)21-17-31(36)37;3*1-3-2;2*1-2/h9-13,15,27,29-31H,1-2,14,16-23H2,3-8H3;3*3H2,1-2H3;1-2H3;1-2H2/t27-,29?,30?,31?,33?,34?,35-,36?,37?;;;;;/m0...../s1. The number of rotatable bonds is 3. The molecule has 0 heterocycles. The predicted molar refractivity (Wildman–Crippen MR) is 228 cm³/mol. The molecule has 1 aromatic carbocycles. The molecule has 2 spiro atoms. The van der Waals surface area contributed by atoms with Gasteiger partial charge in [-0.15, -0.1) is 13.2 Å². The summed E-state index contributed by atoms with van der Waals surface area (Å²) in [7, 11) is 0. The molecule has 0 saturated heterocycles. The first-order valence-electron chi connectivity index (χ1n) is 21.3. The first-order chi connectivity index (χ1) is 23.7. The number of allylic oxidation sites excluding steroid dienone is 3. The van der Waals surface area contributed by atoms with Crippen molar-refractivity contribution in [3.8, 4) is 0 Å². The minimum atomic E-state index is 0.242. The third-order valence-electron chi connectivity index (χ3n) is 15.2. The van der Waals surface area contributed by atoms with Crippen LogP contribution < -0.4 is 0 Å². The van der Waals surface area contributed by atoms with Crippen LogP contribution in [0, 0.1) is 56.2 Å². The van der Waals surface area contributed by atoms with E-state index < -0.39 is 0 Å². The van der Waals surface area contributed by atoms with Crippen molar-refractivity contribution in [1.82, 2.24) is 0 Å². The molecule has 7 unspecified atom stereocenters. The van der Waals surface area contributed by atoms with Crippen LogP contribution in [0.2, 0.25) is 0 Å². The maximum atomic E-state index is 4.59. The number of fused-ring (bicyclic) bond motifs is 3. The Morgan fingerprint density at radius 2 is 1.18 bits per heavy atom. The van der Waals surface area contributed by atoms with Crippen molar-refractivity contribution in [2.24, 2.45) is 56.2 Å². The highest BCUT2D eigenvalue weighted by molar-refractivity contribution is 5.73. The fraction of sp³-hybridized carbons (Fsp3) is 0.720. The molecular weight excluding hydrogens is 601 g/mol. The van der Waals surface area contributed by atoms with Crippen molar-refractivity contribution < 1.29 is 0 Å². The Bertz CT molecular complexity index is 1270. The van der Waals surface area contributed by atoms with Crippen molar-refractivity contribution in [3.05, 3.63) is 73.4 Å². The lowest BCUT2D eigenvalue weighted by Gasteiger charge is -2.66.